The van der Waals surface area contributed by atoms with Crippen molar-refractivity contribution >= 4 is 29.3 Å². The van der Waals surface area contributed by atoms with Crippen molar-refractivity contribution in [1.82, 2.24) is 4.90 Å². The third kappa shape index (κ3) is 4.77. The number of hydrogen-bond donors (Lipinski definition) is 1. The van der Waals surface area contributed by atoms with Crippen LogP contribution in [0.2, 0.25) is 0 Å². The molecule has 1 aliphatic rings. The Morgan fingerprint density at radius 1 is 1.29 bits per heavy atom. The molecule has 1 atom stereocenters. The molecule has 1 aliphatic heterocycles. The summed E-state index contributed by atoms with van der Waals surface area (Å²) in [7, 11) is 0. The molecule has 0 aromatic heterocycles. The van der Waals surface area contributed by atoms with Crippen LogP contribution in [0, 0.1) is 0 Å². The summed E-state index contributed by atoms with van der Waals surface area (Å²) in [6.45, 7) is 4.51. The number of thioether (sulfide) groups is 1. The van der Waals surface area contributed by atoms with Gasteiger partial charge < -0.3 is 10.2 Å². The quantitative estimate of drug-likeness (QED) is 0.869. The zero-order valence-corrected chi connectivity index (χ0v) is 13.4. The Morgan fingerprint density at radius 2 is 2.00 bits per heavy atom. The van der Waals surface area contributed by atoms with Gasteiger partial charge in [0.1, 0.15) is 0 Å². The summed E-state index contributed by atoms with van der Waals surface area (Å²) in [5.41, 5.74) is 0.780. The summed E-state index contributed by atoms with van der Waals surface area (Å²) < 4.78 is 0. The predicted molar refractivity (Wildman–Crippen MR) is 86.5 cm³/mol. The molecular weight excluding hydrogens is 284 g/mol. The lowest BCUT2D eigenvalue weighted by atomic mass is 10.0. The highest BCUT2D eigenvalue weighted by molar-refractivity contribution is 8.00. The first-order valence-corrected chi connectivity index (χ1v) is 8.35. The zero-order chi connectivity index (χ0) is 15.2. The van der Waals surface area contributed by atoms with E-state index in [1.165, 1.54) is 13.3 Å². The van der Waals surface area contributed by atoms with Gasteiger partial charge in [-0.05, 0) is 50.5 Å². The Bertz CT molecular complexity index is 502. The van der Waals surface area contributed by atoms with Gasteiger partial charge >= 0.3 is 0 Å². The van der Waals surface area contributed by atoms with Gasteiger partial charge in [-0.3, -0.25) is 9.59 Å². The van der Waals surface area contributed by atoms with E-state index in [0.29, 0.717) is 11.8 Å². The maximum absolute atomic E-state index is 12.2. The predicted octanol–water partition coefficient (Wildman–Crippen LogP) is 3.14. The van der Waals surface area contributed by atoms with Gasteiger partial charge in [-0.2, -0.15) is 0 Å². The van der Waals surface area contributed by atoms with Crippen LogP contribution >= 0.6 is 11.8 Å². The second-order valence-electron chi connectivity index (χ2n) is 5.43. The van der Waals surface area contributed by atoms with Gasteiger partial charge in [0.05, 0.1) is 5.75 Å². The number of carbonyl (C=O) groups excluding carboxylic acids is 2. The van der Waals surface area contributed by atoms with Crippen molar-refractivity contribution < 1.29 is 9.59 Å². The normalized spacial score (nSPS) is 18.4. The molecule has 0 spiro atoms. The molecule has 1 N–H and O–H groups in total. The van der Waals surface area contributed by atoms with E-state index in [1.807, 2.05) is 29.2 Å². The minimum absolute atomic E-state index is 0.0790. The van der Waals surface area contributed by atoms with Gasteiger partial charge in [0.15, 0.2) is 0 Å². The van der Waals surface area contributed by atoms with Crippen molar-refractivity contribution in [2.24, 2.45) is 0 Å². The average Bonchev–Trinajstić information content (AvgIpc) is 2.46. The van der Waals surface area contributed by atoms with Crippen molar-refractivity contribution in [2.75, 3.05) is 17.6 Å². The highest BCUT2D eigenvalue weighted by Gasteiger charge is 2.22. The molecule has 114 valence electrons. The van der Waals surface area contributed by atoms with E-state index in [9.17, 15) is 9.59 Å². The molecule has 1 heterocycles. The number of likely N-dealkylation sites (tertiary alicyclic amines) is 1. The van der Waals surface area contributed by atoms with Gasteiger partial charge in [0.25, 0.3) is 0 Å². The number of carbonyl (C=O) groups is 2. The first kappa shape index (κ1) is 15.9. The molecule has 0 unspecified atom stereocenters. The molecule has 21 heavy (non-hydrogen) atoms. The largest absolute Gasteiger partial charge is 0.339 e. The highest BCUT2D eigenvalue weighted by Crippen LogP contribution is 2.23. The number of rotatable bonds is 4. The van der Waals surface area contributed by atoms with Crippen LogP contribution in [0.4, 0.5) is 5.69 Å². The summed E-state index contributed by atoms with van der Waals surface area (Å²) in [5.74, 6) is 0.618. The summed E-state index contributed by atoms with van der Waals surface area (Å²) in [4.78, 5) is 26.2. The summed E-state index contributed by atoms with van der Waals surface area (Å²) in [6, 6.07) is 7.95. The number of nitrogens with one attached hydrogen (secondary N) is 1. The summed E-state index contributed by atoms with van der Waals surface area (Å²) in [6.07, 6.45) is 3.46. The van der Waals surface area contributed by atoms with E-state index in [2.05, 4.69) is 12.2 Å². The maximum atomic E-state index is 12.2. The molecule has 5 heteroatoms. The molecule has 4 nitrogen and oxygen atoms in total. The SMILES string of the molecule is CC(=O)Nc1ccc(SCC(=O)N2CCCC[C@H]2C)cc1. The molecule has 1 saturated heterocycles. The van der Waals surface area contributed by atoms with Crippen LogP contribution in [-0.4, -0.2) is 35.1 Å². The van der Waals surface area contributed by atoms with Crippen LogP contribution in [0.5, 0.6) is 0 Å². The monoisotopic (exact) mass is 306 g/mol. The minimum atomic E-state index is -0.0790. The van der Waals surface area contributed by atoms with Gasteiger partial charge in [-0.1, -0.05) is 0 Å². The Morgan fingerprint density at radius 3 is 2.62 bits per heavy atom. The second-order valence-corrected chi connectivity index (χ2v) is 6.47. The first-order chi connectivity index (χ1) is 10.1. The van der Waals surface area contributed by atoms with Crippen molar-refractivity contribution in [3.63, 3.8) is 0 Å². The van der Waals surface area contributed by atoms with Crippen molar-refractivity contribution in [3.8, 4) is 0 Å². The molecule has 2 amide bonds. The molecule has 0 saturated carbocycles. The standard InChI is InChI=1S/C16H22N2O2S/c1-12-5-3-4-10-18(12)16(20)11-21-15-8-6-14(7-9-15)17-13(2)19/h6-9,12H,3-5,10-11H2,1-2H3,(H,17,19)/t12-/m1/s1. The van der Waals surface area contributed by atoms with Crippen LogP contribution in [0.25, 0.3) is 0 Å². The van der Waals surface area contributed by atoms with E-state index in [-0.39, 0.29) is 11.8 Å². The summed E-state index contributed by atoms with van der Waals surface area (Å²) in [5, 5.41) is 2.73. The van der Waals surface area contributed by atoms with Crippen molar-refractivity contribution in [3.05, 3.63) is 24.3 Å². The zero-order valence-electron chi connectivity index (χ0n) is 12.6. The van der Waals surface area contributed by atoms with Crippen molar-refractivity contribution in [1.29, 1.82) is 0 Å². The van der Waals surface area contributed by atoms with Crippen molar-refractivity contribution in [2.45, 2.75) is 44.0 Å². The molecule has 1 aromatic rings. The summed E-state index contributed by atoms with van der Waals surface area (Å²) >= 11 is 1.55. The van der Waals surface area contributed by atoms with E-state index < -0.39 is 0 Å². The fourth-order valence-electron chi connectivity index (χ4n) is 2.53. The fourth-order valence-corrected chi connectivity index (χ4v) is 3.32. The van der Waals surface area contributed by atoms with Gasteiger partial charge in [-0.15, -0.1) is 11.8 Å². The molecule has 0 aliphatic carbocycles. The van der Waals surface area contributed by atoms with Crippen LogP contribution in [0.1, 0.15) is 33.1 Å². The maximum Gasteiger partial charge on any atom is 0.233 e. The van der Waals surface area contributed by atoms with E-state index in [0.717, 1.165) is 30.0 Å². The molecule has 0 radical (unpaired) electrons. The lowest BCUT2D eigenvalue weighted by Gasteiger charge is -2.33. The van der Waals surface area contributed by atoms with Gasteiger partial charge in [0.2, 0.25) is 11.8 Å². The Hall–Kier alpha value is -1.49. The number of piperidine rings is 1. The third-order valence-electron chi connectivity index (χ3n) is 3.66. The third-order valence-corrected chi connectivity index (χ3v) is 4.66. The molecule has 2 rings (SSSR count). The van der Waals surface area contributed by atoms with Crippen LogP contribution in [0.3, 0.4) is 0 Å². The lowest BCUT2D eigenvalue weighted by Crippen LogP contribution is -2.42. The van der Waals surface area contributed by atoms with Gasteiger partial charge in [-0.25, -0.2) is 0 Å². The van der Waals surface area contributed by atoms with Crippen LogP contribution in [0.15, 0.2) is 29.2 Å². The number of hydrogen-bond acceptors (Lipinski definition) is 3. The topological polar surface area (TPSA) is 49.4 Å². The van der Waals surface area contributed by atoms with E-state index in [1.54, 1.807) is 11.8 Å². The number of anilines is 1. The average molecular weight is 306 g/mol. The van der Waals surface area contributed by atoms with E-state index in [4.69, 9.17) is 0 Å². The van der Waals surface area contributed by atoms with Crippen LogP contribution < -0.4 is 5.32 Å². The van der Waals surface area contributed by atoms with Crippen LogP contribution in [-0.2, 0) is 9.59 Å². The fraction of sp³-hybridized carbons (Fsp3) is 0.500. The Kier molecular flexibility index (Phi) is 5.67. The van der Waals surface area contributed by atoms with E-state index >= 15 is 0 Å². The smallest absolute Gasteiger partial charge is 0.233 e. The Balaban J connectivity index is 1.84. The Labute approximate surface area is 130 Å². The first-order valence-electron chi connectivity index (χ1n) is 7.36. The molecule has 0 bridgehead atoms. The lowest BCUT2D eigenvalue weighted by molar-refractivity contribution is -0.131. The molecule has 1 fully saturated rings. The number of amides is 2. The number of benzene rings is 1. The van der Waals surface area contributed by atoms with Gasteiger partial charge in [0, 0.05) is 30.1 Å². The molecular formula is C16H22N2O2S. The second kappa shape index (κ2) is 7.50. The molecule has 1 aromatic carbocycles. The highest BCUT2D eigenvalue weighted by atomic mass is 32.2. The minimum Gasteiger partial charge on any atom is -0.339 e. The number of nitrogens with zero attached hydrogens (tertiary/aromatic N) is 1.